The van der Waals surface area contributed by atoms with Gasteiger partial charge in [0.2, 0.25) is 0 Å². The van der Waals surface area contributed by atoms with E-state index in [1.54, 1.807) is 0 Å². The fourth-order valence-electron chi connectivity index (χ4n) is 2.20. The predicted molar refractivity (Wildman–Crippen MR) is 55.2 cm³/mol. The Bertz CT molecular complexity index is 381. The number of rotatable bonds is 0. The molecule has 0 N–H and O–H groups in total. The van der Waals surface area contributed by atoms with Gasteiger partial charge in [0.25, 0.3) is 0 Å². The van der Waals surface area contributed by atoms with E-state index < -0.39 is 0 Å². The van der Waals surface area contributed by atoms with E-state index in [9.17, 15) is 0 Å². The summed E-state index contributed by atoms with van der Waals surface area (Å²) in [6.07, 6.45) is 21.8. The quantitative estimate of drug-likeness (QED) is 0.518. The van der Waals surface area contributed by atoms with Crippen molar-refractivity contribution in [3.63, 3.8) is 0 Å². The van der Waals surface area contributed by atoms with Crippen LogP contribution in [0.1, 0.15) is 0 Å². The Labute approximate surface area is 78.0 Å². The van der Waals surface area contributed by atoms with Crippen molar-refractivity contribution in [1.29, 1.82) is 0 Å². The third-order valence-electron chi connectivity index (χ3n) is 2.89. The zero-order valence-electron chi connectivity index (χ0n) is 7.27. The first-order valence-corrected chi connectivity index (χ1v) is 4.57. The molecular formula is C13H10. The van der Waals surface area contributed by atoms with Crippen molar-refractivity contribution < 1.29 is 0 Å². The Kier molecular flexibility index (Phi) is 1.18. The lowest BCUT2D eigenvalue weighted by Gasteiger charge is -2.23. The van der Waals surface area contributed by atoms with Crippen molar-refractivity contribution >= 4 is 0 Å². The molecule has 0 saturated carbocycles. The van der Waals surface area contributed by atoms with Crippen LogP contribution in [0.25, 0.3) is 0 Å². The van der Waals surface area contributed by atoms with E-state index in [4.69, 9.17) is 0 Å². The molecule has 0 amide bonds. The molecule has 1 spiro atoms. The lowest BCUT2D eigenvalue weighted by Crippen LogP contribution is -2.13. The standard InChI is InChI=1S/C13H10/c1-2-6-12-8-4-10-13(12)9-3-7-11(13)5-1/h1-10H. The maximum Gasteiger partial charge on any atom is 0.0568 e. The van der Waals surface area contributed by atoms with Crippen molar-refractivity contribution in [3.8, 4) is 0 Å². The summed E-state index contributed by atoms with van der Waals surface area (Å²) in [6.45, 7) is 0. The van der Waals surface area contributed by atoms with Gasteiger partial charge in [0.1, 0.15) is 0 Å². The van der Waals surface area contributed by atoms with Crippen LogP contribution in [-0.4, -0.2) is 0 Å². The molecule has 0 unspecified atom stereocenters. The second-order valence-electron chi connectivity index (χ2n) is 3.55. The summed E-state index contributed by atoms with van der Waals surface area (Å²) >= 11 is 0. The smallest absolute Gasteiger partial charge is 0.0568 e. The third kappa shape index (κ3) is 0.752. The maximum absolute atomic E-state index is 2.26. The van der Waals surface area contributed by atoms with E-state index in [1.165, 1.54) is 11.1 Å². The van der Waals surface area contributed by atoms with Crippen LogP contribution in [0.3, 0.4) is 0 Å². The van der Waals surface area contributed by atoms with Crippen molar-refractivity contribution in [2.24, 2.45) is 5.41 Å². The summed E-state index contributed by atoms with van der Waals surface area (Å²) < 4.78 is 0. The molecule has 0 fully saturated rings. The van der Waals surface area contributed by atoms with Gasteiger partial charge in [0.05, 0.1) is 5.41 Å². The summed E-state index contributed by atoms with van der Waals surface area (Å²) in [5.41, 5.74) is 2.82. The van der Waals surface area contributed by atoms with Crippen LogP contribution in [0.2, 0.25) is 0 Å². The molecule has 0 aliphatic heterocycles. The van der Waals surface area contributed by atoms with Crippen LogP contribution in [0, 0.1) is 5.41 Å². The van der Waals surface area contributed by atoms with Crippen molar-refractivity contribution in [2.75, 3.05) is 0 Å². The van der Waals surface area contributed by atoms with Gasteiger partial charge in [-0.1, -0.05) is 60.8 Å². The van der Waals surface area contributed by atoms with E-state index in [0.717, 1.165) is 0 Å². The SMILES string of the molecule is C1=CC2=CC=CC23C=CC=C3C=C1. The van der Waals surface area contributed by atoms with Gasteiger partial charge in [-0.05, 0) is 11.1 Å². The van der Waals surface area contributed by atoms with Crippen molar-refractivity contribution in [2.45, 2.75) is 0 Å². The average Bonchev–Trinajstić information content (AvgIpc) is 2.70. The van der Waals surface area contributed by atoms with Crippen molar-refractivity contribution in [1.82, 2.24) is 0 Å². The molecule has 0 nitrogen and oxygen atoms in total. The molecule has 0 aromatic carbocycles. The minimum absolute atomic E-state index is 0.0729. The highest BCUT2D eigenvalue weighted by Crippen LogP contribution is 2.47. The first kappa shape index (κ1) is 6.90. The summed E-state index contributed by atoms with van der Waals surface area (Å²) in [7, 11) is 0. The van der Waals surface area contributed by atoms with E-state index in [-0.39, 0.29) is 5.41 Å². The molecule has 0 atom stereocenters. The third-order valence-corrected chi connectivity index (χ3v) is 2.89. The Morgan fingerprint density at radius 2 is 1.23 bits per heavy atom. The fourth-order valence-corrected chi connectivity index (χ4v) is 2.20. The average molecular weight is 166 g/mol. The molecule has 0 saturated heterocycles. The second-order valence-corrected chi connectivity index (χ2v) is 3.55. The van der Waals surface area contributed by atoms with Gasteiger partial charge in [-0.15, -0.1) is 0 Å². The van der Waals surface area contributed by atoms with Gasteiger partial charge in [-0.2, -0.15) is 0 Å². The molecule has 0 bridgehead atoms. The topological polar surface area (TPSA) is 0 Å². The zero-order chi connectivity index (χ0) is 8.73. The molecule has 0 aromatic heterocycles. The van der Waals surface area contributed by atoms with Crippen LogP contribution in [0.15, 0.2) is 71.9 Å². The molecule has 0 heterocycles. The van der Waals surface area contributed by atoms with Gasteiger partial charge in [0.15, 0.2) is 0 Å². The van der Waals surface area contributed by atoms with E-state index in [0.29, 0.717) is 0 Å². The van der Waals surface area contributed by atoms with Crippen molar-refractivity contribution in [3.05, 3.63) is 71.9 Å². The van der Waals surface area contributed by atoms with Crippen LogP contribution >= 0.6 is 0 Å². The van der Waals surface area contributed by atoms with Crippen LogP contribution in [-0.2, 0) is 0 Å². The normalized spacial score (nSPS) is 25.2. The zero-order valence-corrected chi connectivity index (χ0v) is 7.27. The largest absolute Gasteiger partial charge is 0.0658 e. The Morgan fingerprint density at radius 3 is 1.77 bits per heavy atom. The Morgan fingerprint density at radius 1 is 0.692 bits per heavy atom. The number of allylic oxidation sites excluding steroid dienone is 12. The highest BCUT2D eigenvalue weighted by Gasteiger charge is 2.35. The highest BCUT2D eigenvalue weighted by atomic mass is 14.4. The number of hydrogen-bond donors (Lipinski definition) is 0. The molecule has 13 heavy (non-hydrogen) atoms. The van der Waals surface area contributed by atoms with Gasteiger partial charge >= 0.3 is 0 Å². The fraction of sp³-hybridized carbons (Fsp3) is 0.0769. The number of hydrogen-bond acceptors (Lipinski definition) is 0. The van der Waals surface area contributed by atoms with Crippen LogP contribution < -0.4 is 0 Å². The van der Waals surface area contributed by atoms with Gasteiger partial charge in [-0.3, -0.25) is 0 Å². The highest BCUT2D eigenvalue weighted by molar-refractivity contribution is 5.61. The molecule has 3 aliphatic carbocycles. The molecular weight excluding hydrogens is 156 g/mol. The van der Waals surface area contributed by atoms with E-state index in [2.05, 4.69) is 60.8 Å². The second kappa shape index (κ2) is 2.23. The van der Waals surface area contributed by atoms with E-state index in [1.807, 2.05) is 0 Å². The molecule has 0 aromatic rings. The monoisotopic (exact) mass is 166 g/mol. The minimum atomic E-state index is 0.0729. The molecule has 3 rings (SSSR count). The summed E-state index contributed by atoms with van der Waals surface area (Å²) in [4.78, 5) is 0. The summed E-state index contributed by atoms with van der Waals surface area (Å²) in [6, 6.07) is 0. The molecule has 0 heteroatoms. The summed E-state index contributed by atoms with van der Waals surface area (Å²) in [5, 5.41) is 0. The molecule has 3 aliphatic rings. The lowest BCUT2D eigenvalue weighted by atomic mass is 9.78. The Balaban J connectivity index is 2.27. The van der Waals surface area contributed by atoms with Gasteiger partial charge < -0.3 is 0 Å². The van der Waals surface area contributed by atoms with Crippen LogP contribution in [0.4, 0.5) is 0 Å². The predicted octanol–water partition coefficient (Wildman–Crippen LogP) is 3.09. The molecule has 62 valence electrons. The maximum atomic E-state index is 2.26. The van der Waals surface area contributed by atoms with E-state index >= 15 is 0 Å². The Hall–Kier alpha value is -1.56. The van der Waals surface area contributed by atoms with Crippen LogP contribution in [0.5, 0.6) is 0 Å². The molecule has 0 radical (unpaired) electrons. The van der Waals surface area contributed by atoms with Gasteiger partial charge in [-0.25, -0.2) is 0 Å². The lowest BCUT2D eigenvalue weighted by molar-refractivity contribution is 0.770. The van der Waals surface area contributed by atoms with Gasteiger partial charge in [0, 0.05) is 0 Å². The first-order valence-electron chi connectivity index (χ1n) is 4.57. The minimum Gasteiger partial charge on any atom is -0.0658 e. The first-order chi connectivity index (χ1) is 6.42. The summed E-state index contributed by atoms with van der Waals surface area (Å²) in [5.74, 6) is 0.